The molecule has 0 radical (unpaired) electrons. The Morgan fingerprint density at radius 2 is 1.84 bits per heavy atom. The number of primary amides is 1. The van der Waals surface area contributed by atoms with Crippen molar-refractivity contribution in [1.29, 1.82) is 0 Å². The molecule has 1 rings (SSSR count). The van der Waals surface area contributed by atoms with Gasteiger partial charge in [-0.3, -0.25) is 14.5 Å². The van der Waals surface area contributed by atoms with E-state index < -0.39 is 23.3 Å². The van der Waals surface area contributed by atoms with Crippen LogP contribution < -0.4 is 5.73 Å². The number of hydrogen-bond donors (Lipinski definition) is 1. The van der Waals surface area contributed by atoms with Crippen LogP contribution in [0.15, 0.2) is 18.2 Å². The Kier molecular flexibility index (Phi) is 5.11. The van der Waals surface area contributed by atoms with E-state index in [1.54, 1.807) is 4.90 Å². The van der Waals surface area contributed by atoms with Gasteiger partial charge < -0.3 is 5.73 Å². The fourth-order valence-corrected chi connectivity index (χ4v) is 1.57. The first-order chi connectivity index (χ1) is 8.81. The first-order valence-corrected chi connectivity index (χ1v) is 5.82. The van der Waals surface area contributed by atoms with Crippen molar-refractivity contribution in [2.24, 2.45) is 5.73 Å². The minimum atomic E-state index is -1.07. The number of hydrogen-bond acceptors (Lipinski definition) is 3. The maximum atomic E-state index is 13.0. The van der Waals surface area contributed by atoms with E-state index in [1.165, 1.54) is 6.07 Å². The van der Waals surface area contributed by atoms with E-state index >= 15 is 0 Å². The molecule has 0 saturated heterocycles. The summed E-state index contributed by atoms with van der Waals surface area (Å²) in [5, 5.41) is 0. The summed E-state index contributed by atoms with van der Waals surface area (Å²) in [6, 6.07) is 2.89. The lowest BCUT2D eigenvalue weighted by atomic mass is 10.1. The van der Waals surface area contributed by atoms with E-state index in [0.29, 0.717) is 0 Å². The van der Waals surface area contributed by atoms with Crippen molar-refractivity contribution in [2.45, 2.75) is 19.9 Å². The third-order valence-electron chi connectivity index (χ3n) is 2.68. The number of halogens is 2. The number of benzene rings is 1. The minimum absolute atomic E-state index is 0.0624. The molecule has 0 spiro atoms. The minimum Gasteiger partial charge on any atom is -0.369 e. The lowest BCUT2D eigenvalue weighted by Crippen LogP contribution is -2.41. The highest BCUT2D eigenvalue weighted by Crippen LogP contribution is 2.10. The molecule has 1 aromatic carbocycles. The van der Waals surface area contributed by atoms with E-state index in [1.807, 2.05) is 13.8 Å². The number of nitrogens with zero attached hydrogens (tertiary/aromatic N) is 1. The lowest BCUT2D eigenvalue weighted by Gasteiger charge is -2.24. The molecule has 0 aromatic heterocycles. The lowest BCUT2D eigenvalue weighted by molar-refractivity contribution is -0.119. The molecule has 0 heterocycles. The molecule has 6 heteroatoms. The molecule has 1 aromatic rings. The molecule has 0 unspecified atom stereocenters. The van der Waals surface area contributed by atoms with Gasteiger partial charge in [-0.15, -0.1) is 0 Å². The quantitative estimate of drug-likeness (QED) is 0.793. The van der Waals surface area contributed by atoms with Crippen molar-refractivity contribution in [3.8, 4) is 0 Å². The maximum Gasteiger partial charge on any atom is 0.231 e. The van der Waals surface area contributed by atoms with E-state index in [-0.39, 0.29) is 24.7 Å². The summed E-state index contributed by atoms with van der Waals surface area (Å²) in [5.74, 6) is -3.02. The highest BCUT2D eigenvalue weighted by molar-refractivity contribution is 5.97. The summed E-state index contributed by atoms with van der Waals surface area (Å²) in [7, 11) is 0. The van der Waals surface area contributed by atoms with Crippen LogP contribution in [-0.4, -0.2) is 35.7 Å². The second-order valence-corrected chi connectivity index (χ2v) is 4.52. The number of Topliss-reactive ketones (excluding diaryl/α,β-unsaturated/α-hetero) is 1. The largest absolute Gasteiger partial charge is 0.369 e. The Labute approximate surface area is 110 Å². The highest BCUT2D eigenvalue weighted by atomic mass is 19.2. The Bertz CT molecular complexity index is 490. The van der Waals surface area contributed by atoms with Crippen LogP contribution in [-0.2, 0) is 4.79 Å². The Balaban J connectivity index is 2.81. The molecule has 0 aliphatic rings. The van der Waals surface area contributed by atoms with Crippen molar-refractivity contribution in [3.05, 3.63) is 35.4 Å². The number of nitrogens with two attached hydrogens (primary N) is 1. The molecule has 0 saturated carbocycles. The molecular formula is C13H16F2N2O2. The van der Waals surface area contributed by atoms with Crippen LogP contribution in [0, 0.1) is 11.6 Å². The van der Waals surface area contributed by atoms with Crippen molar-refractivity contribution in [3.63, 3.8) is 0 Å². The number of rotatable bonds is 6. The van der Waals surface area contributed by atoms with Crippen molar-refractivity contribution >= 4 is 11.7 Å². The molecule has 4 nitrogen and oxygen atoms in total. The summed E-state index contributed by atoms with van der Waals surface area (Å²) >= 11 is 0. The number of amides is 1. The molecule has 0 aliphatic carbocycles. The van der Waals surface area contributed by atoms with Gasteiger partial charge in [0, 0.05) is 11.6 Å². The molecule has 0 atom stereocenters. The summed E-state index contributed by atoms with van der Waals surface area (Å²) in [4.78, 5) is 24.4. The summed E-state index contributed by atoms with van der Waals surface area (Å²) in [6.45, 7) is 3.47. The van der Waals surface area contributed by atoms with Gasteiger partial charge in [-0.1, -0.05) is 0 Å². The van der Waals surface area contributed by atoms with Gasteiger partial charge in [-0.05, 0) is 32.0 Å². The zero-order valence-corrected chi connectivity index (χ0v) is 10.8. The summed E-state index contributed by atoms with van der Waals surface area (Å²) in [6.07, 6.45) is 0. The molecule has 1 amide bonds. The van der Waals surface area contributed by atoms with Gasteiger partial charge in [0.15, 0.2) is 17.4 Å². The Morgan fingerprint density at radius 1 is 1.21 bits per heavy atom. The maximum absolute atomic E-state index is 13.0. The predicted molar refractivity (Wildman–Crippen MR) is 66.6 cm³/mol. The van der Waals surface area contributed by atoms with Gasteiger partial charge in [0.1, 0.15) is 0 Å². The third kappa shape index (κ3) is 4.40. The zero-order chi connectivity index (χ0) is 14.6. The van der Waals surface area contributed by atoms with Gasteiger partial charge in [0.25, 0.3) is 0 Å². The van der Waals surface area contributed by atoms with Crippen LogP contribution in [0.25, 0.3) is 0 Å². The van der Waals surface area contributed by atoms with Crippen LogP contribution in [0.3, 0.4) is 0 Å². The number of carbonyl (C=O) groups excluding carboxylic acids is 2. The smallest absolute Gasteiger partial charge is 0.231 e. The highest BCUT2D eigenvalue weighted by Gasteiger charge is 2.18. The molecule has 0 bridgehead atoms. The second kappa shape index (κ2) is 6.38. The van der Waals surface area contributed by atoms with Crippen LogP contribution in [0.2, 0.25) is 0 Å². The van der Waals surface area contributed by atoms with Crippen LogP contribution >= 0.6 is 0 Å². The summed E-state index contributed by atoms with van der Waals surface area (Å²) < 4.78 is 25.8. The normalized spacial score (nSPS) is 11.1. The number of ketones is 1. The second-order valence-electron chi connectivity index (χ2n) is 4.52. The number of carbonyl (C=O) groups is 2. The van der Waals surface area contributed by atoms with E-state index in [4.69, 9.17) is 5.73 Å². The van der Waals surface area contributed by atoms with Crippen molar-refractivity contribution in [2.75, 3.05) is 13.1 Å². The van der Waals surface area contributed by atoms with Gasteiger partial charge in [0.05, 0.1) is 13.1 Å². The fourth-order valence-electron chi connectivity index (χ4n) is 1.57. The first kappa shape index (κ1) is 15.2. The SMILES string of the molecule is CC(C)N(CC(N)=O)CC(=O)c1ccc(F)c(F)c1. The molecular weight excluding hydrogens is 254 g/mol. The van der Waals surface area contributed by atoms with E-state index in [9.17, 15) is 18.4 Å². The zero-order valence-electron chi connectivity index (χ0n) is 10.8. The Hall–Kier alpha value is -1.82. The van der Waals surface area contributed by atoms with Crippen molar-refractivity contribution in [1.82, 2.24) is 4.90 Å². The molecule has 19 heavy (non-hydrogen) atoms. The molecule has 2 N–H and O–H groups in total. The predicted octanol–water partition coefficient (Wildman–Crippen LogP) is 1.34. The van der Waals surface area contributed by atoms with Gasteiger partial charge in [0.2, 0.25) is 5.91 Å². The van der Waals surface area contributed by atoms with Crippen LogP contribution in [0.5, 0.6) is 0 Å². The summed E-state index contributed by atoms with van der Waals surface area (Å²) in [5.41, 5.74) is 5.15. The van der Waals surface area contributed by atoms with Gasteiger partial charge in [-0.2, -0.15) is 0 Å². The first-order valence-electron chi connectivity index (χ1n) is 5.82. The molecule has 0 fully saturated rings. The van der Waals surface area contributed by atoms with Gasteiger partial charge >= 0.3 is 0 Å². The fraction of sp³-hybridized carbons (Fsp3) is 0.385. The monoisotopic (exact) mass is 270 g/mol. The van der Waals surface area contributed by atoms with Gasteiger partial charge in [-0.25, -0.2) is 8.78 Å². The average molecular weight is 270 g/mol. The molecule has 0 aliphatic heterocycles. The van der Waals surface area contributed by atoms with E-state index in [0.717, 1.165) is 12.1 Å². The standard InChI is InChI=1S/C13H16F2N2O2/c1-8(2)17(7-13(16)19)6-12(18)9-3-4-10(14)11(15)5-9/h3-5,8H,6-7H2,1-2H3,(H2,16,19). The van der Waals surface area contributed by atoms with Crippen molar-refractivity contribution < 1.29 is 18.4 Å². The van der Waals surface area contributed by atoms with Crippen LogP contribution in [0.1, 0.15) is 24.2 Å². The average Bonchev–Trinajstić information content (AvgIpc) is 2.31. The molecule has 104 valence electrons. The Morgan fingerprint density at radius 3 is 2.32 bits per heavy atom. The van der Waals surface area contributed by atoms with Crippen LogP contribution in [0.4, 0.5) is 8.78 Å². The van der Waals surface area contributed by atoms with E-state index in [2.05, 4.69) is 0 Å². The third-order valence-corrected chi connectivity index (χ3v) is 2.68. The topological polar surface area (TPSA) is 63.4 Å².